The highest BCUT2D eigenvalue weighted by molar-refractivity contribution is 5.69. The van der Waals surface area contributed by atoms with E-state index in [1.165, 1.54) is 11.6 Å². The van der Waals surface area contributed by atoms with E-state index in [2.05, 4.69) is 9.97 Å². The second-order valence-corrected chi connectivity index (χ2v) is 4.64. The molecule has 98 valence electrons. The minimum Gasteiger partial charge on any atom is -0.336 e. The van der Waals surface area contributed by atoms with Gasteiger partial charge in [-0.2, -0.15) is 0 Å². The van der Waals surface area contributed by atoms with E-state index in [9.17, 15) is 9.59 Å². The molecule has 0 aliphatic heterocycles. The highest BCUT2D eigenvalue weighted by Crippen LogP contribution is 2.04. The summed E-state index contributed by atoms with van der Waals surface area (Å²) in [6, 6.07) is 0. The molecule has 7 heteroatoms. The number of aromatic amines is 1. The third-order valence-corrected chi connectivity index (χ3v) is 2.94. The average Bonchev–Trinajstić information content (AvgIpc) is 2.75. The Kier molecular flexibility index (Phi) is 3.08. The van der Waals surface area contributed by atoms with Gasteiger partial charge in [0.1, 0.15) is 11.3 Å². The van der Waals surface area contributed by atoms with E-state index in [0.717, 1.165) is 16.9 Å². The van der Waals surface area contributed by atoms with Gasteiger partial charge in [0.25, 0.3) is 5.56 Å². The summed E-state index contributed by atoms with van der Waals surface area (Å²) < 4.78 is 2.46. The number of H-pyrrole nitrogens is 1. The van der Waals surface area contributed by atoms with E-state index in [1.54, 1.807) is 7.05 Å². The van der Waals surface area contributed by atoms with Gasteiger partial charge in [0.15, 0.2) is 5.65 Å². The SMILES string of the molecule is CN(C)CCc1nc2c([nH]1)c(=O)n(C)c(=O)n2C. The maximum Gasteiger partial charge on any atom is 0.332 e. The van der Waals surface area contributed by atoms with Crippen LogP contribution in [0.5, 0.6) is 0 Å². The first kappa shape index (κ1) is 12.6. The third kappa shape index (κ3) is 1.97. The van der Waals surface area contributed by atoms with E-state index in [1.807, 2.05) is 19.0 Å². The molecule has 0 spiro atoms. The van der Waals surface area contributed by atoms with E-state index in [0.29, 0.717) is 17.6 Å². The van der Waals surface area contributed by atoms with Crippen molar-refractivity contribution in [2.45, 2.75) is 6.42 Å². The lowest BCUT2D eigenvalue weighted by Gasteiger charge is -2.06. The van der Waals surface area contributed by atoms with E-state index < -0.39 is 0 Å². The fourth-order valence-corrected chi connectivity index (χ4v) is 1.82. The Labute approximate surface area is 104 Å². The lowest BCUT2D eigenvalue weighted by molar-refractivity contribution is 0.410. The van der Waals surface area contributed by atoms with Crippen LogP contribution < -0.4 is 11.2 Å². The fourth-order valence-electron chi connectivity index (χ4n) is 1.82. The van der Waals surface area contributed by atoms with Gasteiger partial charge in [0.05, 0.1) is 0 Å². The van der Waals surface area contributed by atoms with E-state index in [-0.39, 0.29) is 11.2 Å². The van der Waals surface area contributed by atoms with Gasteiger partial charge in [-0.25, -0.2) is 9.78 Å². The summed E-state index contributed by atoms with van der Waals surface area (Å²) in [4.78, 5) is 33.0. The molecular formula is C11H17N5O2. The molecule has 2 aromatic rings. The number of likely N-dealkylation sites (N-methyl/N-ethyl adjacent to an activating group) is 1. The van der Waals surface area contributed by atoms with Crippen molar-refractivity contribution in [2.24, 2.45) is 14.1 Å². The van der Waals surface area contributed by atoms with Crippen LogP contribution in [0.3, 0.4) is 0 Å². The van der Waals surface area contributed by atoms with Crippen molar-refractivity contribution < 1.29 is 0 Å². The number of hydrogen-bond acceptors (Lipinski definition) is 4. The molecule has 0 bridgehead atoms. The van der Waals surface area contributed by atoms with Gasteiger partial charge >= 0.3 is 5.69 Å². The number of imidazole rings is 1. The Balaban J connectivity index is 2.58. The maximum atomic E-state index is 11.9. The van der Waals surface area contributed by atoms with Gasteiger partial charge < -0.3 is 9.88 Å². The Morgan fingerprint density at radius 1 is 1.22 bits per heavy atom. The zero-order valence-electron chi connectivity index (χ0n) is 11.0. The summed E-state index contributed by atoms with van der Waals surface area (Å²) in [7, 11) is 7.01. The summed E-state index contributed by atoms with van der Waals surface area (Å²) in [5.74, 6) is 0.719. The van der Waals surface area contributed by atoms with Gasteiger partial charge in [-0.15, -0.1) is 0 Å². The minimum atomic E-state index is -0.363. The highest BCUT2D eigenvalue weighted by atomic mass is 16.2. The second-order valence-electron chi connectivity index (χ2n) is 4.64. The zero-order valence-corrected chi connectivity index (χ0v) is 11.0. The predicted octanol–water partition coefficient (Wildman–Crippen LogP) is -0.936. The Morgan fingerprint density at radius 2 is 1.89 bits per heavy atom. The van der Waals surface area contributed by atoms with Crippen molar-refractivity contribution in [3.8, 4) is 0 Å². The quantitative estimate of drug-likeness (QED) is 0.764. The molecule has 2 rings (SSSR count). The molecule has 0 radical (unpaired) electrons. The number of hydrogen-bond donors (Lipinski definition) is 1. The normalized spacial score (nSPS) is 11.6. The summed E-state index contributed by atoms with van der Waals surface area (Å²) in [5.41, 5.74) is 0.0973. The predicted molar refractivity (Wildman–Crippen MR) is 68.8 cm³/mol. The van der Waals surface area contributed by atoms with E-state index >= 15 is 0 Å². The molecule has 0 fully saturated rings. The van der Waals surface area contributed by atoms with Crippen molar-refractivity contribution in [1.29, 1.82) is 0 Å². The standard InChI is InChI=1S/C11H17N5O2/c1-14(2)6-5-7-12-8-9(13-7)15(3)11(18)16(4)10(8)17/h5-6H2,1-4H3,(H,12,13). The Hall–Kier alpha value is -1.89. The van der Waals surface area contributed by atoms with Crippen molar-refractivity contribution in [3.05, 3.63) is 26.7 Å². The molecule has 2 heterocycles. The monoisotopic (exact) mass is 251 g/mol. The van der Waals surface area contributed by atoms with Gasteiger partial charge in [0, 0.05) is 27.1 Å². The van der Waals surface area contributed by atoms with Crippen LogP contribution in [0.1, 0.15) is 5.82 Å². The smallest absolute Gasteiger partial charge is 0.332 e. The molecule has 0 aliphatic carbocycles. The van der Waals surface area contributed by atoms with Crippen LogP contribution in [0.2, 0.25) is 0 Å². The van der Waals surface area contributed by atoms with Crippen molar-refractivity contribution in [1.82, 2.24) is 24.0 Å². The summed E-state index contributed by atoms with van der Waals surface area (Å²) in [6.45, 7) is 0.827. The number of aryl methyl sites for hydroxylation is 1. The number of nitrogens with one attached hydrogen (secondary N) is 1. The molecule has 0 unspecified atom stereocenters. The van der Waals surface area contributed by atoms with Crippen LogP contribution in [0, 0.1) is 0 Å². The third-order valence-electron chi connectivity index (χ3n) is 2.94. The van der Waals surface area contributed by atoms with Crippen LogP contribution >= 0.6 is 0 Å². The first-order valence-electron chi connectivity index (χ1n) is 5.71. The zero-order chi connectivity index (χ0) is 13.4. The molecular weight excluding hydrogens is 234 g/mol. The minimum absolute atomic E-state index is 0.336. The molecule has 0 aromatic carbocycles. The molecule has 2 aromatic heterocycles. The number of nitrogens with zero attached hydrogens (tertiary/aromatic N) is 4. The summed E-state index contributed by atoms with van der Waals surface area (Å²) in [5, 5.41) is 0. The lowest BCUT2D eigenvalue weighted by atomic mass is 10.4. The Bertz CT molecular complexity index is 692. The van der Waals surface area contributed by atoms with Crippen LogP contribution in [-0.4, -0.2) is 44.6 Å². The van der Waals surface area contributed by atoms with Crippen molar-refractivity contribution in [3.63, 3.8) is 0 Å². The van der Waals surface area contributed by atoms with Crippen LogP contribution in [0.4, 0.5) is 0 Å². The first-order valence-corrected chi connectivity index (χ1v) is 5.71. The molecule has 7 nitrogen and oxygen atoms in total. The van der Waals surface area contributed by atoms with Crippen molar-refractivity contribution in [2.75, 3.05) is 20.6 Å². The van der Waals surface area contributed by atoms with Crippen LogP contribution in [-0.2, 0) is 20.5 Å². The molecule has 0 atom stereocenters. The van der Waals surface area contributed by atoms with E-state index in [4.69, 9.17) is 0 Å². The average molecular weight is 251 g/mol. The number of fused-ring (bicyclic) bond motifs is 1. The molecule has 1 N–H and O–H groups in total. The van der Waals surface area contributed by atoms with Crippen LogP contribution in [0.15, 0.2) is 9.59 Å². The number of aromatic nitrogens is 4. The molecule has 0 amide bonds. The summed E-state index contributed by atoms with van der Waals surface area (Å²) in [6.07, 6.45) is 0.707. The van der Waals surface area contributed by atoms with Gasteiger partial charge in [-0.3, -0.25) is 13.9 Å². The maximum absolute atomic E-state index is 11.9. The topological polar surface area (TPSA) is 75.9 Å². The number of rotatable bonds is 3. The molecule has 0 aliphatic rings. The molecule has 18 heavy (non-hydrogen) atoms. The largest absolute Gasteiger partial charge is 0.336 e. The first-order chi connectivity index (χ1) is 8.41. The molecule has 0 saturated carbocycles. The van der Waals surface area contributed by atoms with Gasteiger partial charge in [-0.05, 0) is 14.1 Å². The van der Waals surface area contributed by atoms with Gasteiger partial charge in [0.2, 0.25) is 0 Å². The van der Waals surface area contributed by atoms with Crippen molar-refractivity contribution >= 4 is 11.2 Å². The lowest BCUT2D eigenvalue weighted by Crippen LogP contribution is -2.36. The molecule has 0 saturated heterocycles. The summed E-state index contributed by atoms with van der Waals surface area (Å²) >= 11 is 0. The van der Waals surface area contributed by atoms with Gasteiger partial charge in [-0.1, -0.05) is 0 Å². The van der Waals surface area contributed by atoms with Crippen LogP contribution in [0.25, 0.3) is 11.2 Å². The fraction of sp³-hybridized carbons (Fsp3) is 0.545. The second kappa shape index (κ2) is 4.41. The Morgan fingerprint density at radius 3 is 2.50 bits per heavy atom. The highest BCUT2D eigenvalue weighted by Gasteiger charge is 2.13.